The summed E-state index contributed by atoms with van der Waals surface area (Å²) in [6, 6.07) is 10.7. The van der Waals surface area contributed by atoms with Crippen molar-refractivity contribution in [3.63, 3.8) is 0 Å². The van der Waals surface area contributed by atoms with Crippen LogP contribution in [0.4, 0.5) is 5.69 Å². The van der Waals surface area contributed by atoms with Gasteiger partial charge in [0.2, 0.25) is 0 Å². The Kier molecular flexibility index (Phi) is 2.66. The number of carbonyl (C=O) groups excluding carboxylic acids is 1. The maximum atomic E-state index is 11.6. The lowest BCUT2D eigenvalue weighted by Gasteiger charge is -2.31. The molecule has 1 fully saturated rings. The summed E-state index contributed by atoms with van der Waals surface area (Å²) in [6.45, 7) is 0.324. The molecule has 0 spiro atoms. The number of hydrogen-bond donors (Lipinski definition) is 0. The average Bonchev–Trinajstić information content (AvgIpc) is 2.29. The fraction of sp³-hybridized carbons (Fsp3) is 0.273. The Morgan fingerprint density at radius 2 is 2.13 bits per heavy atom. The number of ether oxygens (including phenoxy) is 1. The van der Waals surface area contributed by atoms with Gasteiger partial charge in [0.05, 0.1) is 12.7 Å². The van der Waals surface area contributed by atoms with E-state index in [1.54, 1.807) is 0 Å². The number of morpholine rings is 1. The van der Waals surface area contributed by atoms with Crippen molar-refractivity contribution in [2.45, 2.75) is 6.04 Å². The highest BCUT2D eigenvalue weighted by Gasteiger charge is 2.29. The van der Waals surface area contributed by atoms with Gasteiger partial charge in [-0.1, -0.05) is 18.2 Å². The number of rotatable bonds is 1. The van der Waals surface area contributed by atoms with Crippen molar-refractivity contribution >= 4 is 11.6 Å². The fourth-order valence-electron chi connectivity index (χ4n) is 1.58. The molecule has 1 aromatic carbocycles. The van der Waals surface area contributed by atoms with E-state index in [1.165, 1.54) is 4.90 Å². The predicted molar refractivity (Wildman–Crippen MR) is 54.1 cm³/mol. The highest BCUT2D eigenvalue weighted by molar-refractivity contribution is 5.96. The molecule has 4 heteroatoms. The van der Waals surface area contributed by atoms with Gasteiger partial charge in [-0.2, -0.15) is 5.26 Å². The van der Waals surface area contributed by atoms with Gasteiger partial charge in [0, 0.05) is 5.69 Å². The monoisotopic (exact) mass is 202 g/mol. The Labute approximate surface area is 87.7 Å². The van der Waals surface area contributed by atoms with Crippen LogP contribution in [0.2, 0.25) is 0 Å². The molecule has 0 bridgehead atoms. The lowest BCUT2D eigenvalue weighted by atomic mass is 10.2. The summed E-state index contributed by atoms with van der Waals surface area (Å²) in [5.74, 6) is -0.168. The number of amides is 1. The van der Waals surface area contributed by atoms with Crippen molar-refractivity contribution in [3.8, 4) is 6.07 Å². The van der Waals surface area contributed by atoms with Crippen LogP contribution in [0.25, 0.3) is 0 Å². The molecule has 1 unspecified atom stereocenters. The Balaban J connectivity index is 2.32. The van der Waals surface area contributed by atoms with Crippen LogP contribution in [-0.2, 0) is 9.53 Å². The van der Waals surface area contributed by atoms with Crippen LogP contribution in [0.3, 0.4) is 0 Å². The number of para-hydroxylation sites is 1. The number of benzene rings is 1. The molecule has 15 heavy (non-hydrogen) atoms. The van der Waals surface area contributed by atoms with Crippen LogP contribution in [0.1, 0.15) is 0 Å². The number of carbonyl (C=O) groups is 1. The van der Waals surface area contributed by atoms with Gasteiger partial charge < -0.3 is 4.74 Å². The van der Waals surface area contributed by atoms with Crippen LogP contribution in [0, 0.1) is 11.3 Å². The van der Waals surface area contributed by atoms with E-state index >= 15 is 0 Å². The third-order valence-electron chi connectivity index (χ3n) is 2.27. The van der Waals surface area contributed by atoms with Crippen LogP contribution in [0.15, 0.2) is 30.3 Å². The molecule has 1 aromatic rings. The lowest BCUT2D eigenvalue weighted by molar-refractivity contribution is -0.126. The van der Waals surface area contributed by atoms with Crippen molar-refractivity contribution < 1.29 is 9.53 Å². The van der Waals surface area contributed by atoms with E-state index in [0.29, 0.717) is 0 Å². The first-order chi connectivity index (χ1) is 7.33. The highest BCUT2D eigenvalue weighted by atomic mass is 16.5. The van der Waals surface area contributed by atoms with Crippen molar-refractivity contribution in [1.82, 2.24) is 0 Å². The first-order valence-corrected chi connectivity index (χ1v) is 4.67. The molecule has 0 saturated carbocycles. The standard InChI is InChI=1S/C11H10N2O2/c12-6-10-7-15-8-11(14)13(10)9-4-2-1-3-5-9/h1-5,10H,7-8H2. The summed E-state index contributed by atoms with van der Waals surface area (Å²) in [4.78, 5) is 13.1. The predicted octanol–water partition coefficient (Wildman–Crippen LogP) is 0.942. The maximum absolute atomic E-state index is 11.6. The van der Waals surface area contributed by atoms with Gasteiger partial charge in [-0.05, 0) is 12.1 Å². The topological polar surface area (TPSA) is 53.3 Å². The molecule has 4 nitrogen and oxygen atoms in total. The SMILES string of the molecule is N#CC1COCC(=O)N1c1ccccc1. The minimum absolute atomic E-state index is 0.0487. The summed E-state index contributed by atoms with van der Waals surface area (Å²) < 4.78 is 5.02. The molecule has 1 amide bonds. The highest BCUT2D eigenvalue weighted by Crippen LogP contribution is 2.19. The van der Waals surface area contributed by atoms with Gasteiger partial charge in [0.25, 0.3) is 5.91 Å². The van der Waals surface area contributed by atoms with Gasteiger partial charge >= 0.3 is 0 Å². The Bertz CT molecular complexity index is 397. The molecular weight excluding hydrogens is 192 g/mol. The quantitative estimate of drug-likeness (QED) is 0.681. The summed E-state index contributed by atoms with van der Waals surface area (Å²) in [5, 5.41) is 8.92. The summed E-state index contributed by atoms with van der Waals surface area (Å²) >= 11 is 0. The average molecular weight is 202 g/mol. The third kappa shape index (κ3) is 1.83. The second kappa shape index (κ2) is 4.11. The Hall–Kier alpha value is -1.86. The molecule has 0 aromatic heterocycles. The van der Waals surface area contributed by atoms with Crippen molar-refractivity contribution in [2.75, 3.05) is 18.1 Å². The molecule has 0 aliphatic carbocycles. The normalized spacial score (nSPS) is 21.1. The first kappa shape index (κ1) is 9.69. The second-order valence-corrected chi connectivity index (χ2v) is 3.26. The summed E-state index contributed by atoms with van der Waals surface area (Å²) in [5.41, 5.74) is 0.748. The van der Waals surface area contributed by atoms with E-state index in [2.05, 4.69) is 6.07 Å². The Morgan fingerprint density at radius 3 is 2.80 bits per heavy atom. The molecule has 0 N–H and O–H groups in total. The van der Waals surface area contributed by atoms with E-state index in [1.807, 2.05) is 30.3 Å². The summed E-state index contributed by atoms with van der Waals surface area (Å²) in [7, 11) is 0. The zero-order chi connectivity index (χ0) is 10.7. The molecule has 76 valence electrons. The minimum Gasteiger partial charge on any atom is -0.368 e. The molecule has 2 rings (SSSR count). The molecular formula is C11H10N2O2. The van der Waals surface area contributed by atoms with Crippen LogP contribution in [-0.4, -0.2) is 25.2 Å². The fourth-order valence-corrected chi connectivity index (χ4v) is 1.58. The third-order valence-corrected chi connectivity index (χ3v) is 2.27. The number of nitrogens with zero attached hydrogens (tertiary/aromatic N) is 2. The molecule has 1 aliphatic rings. The molecule has 1 aliphatic heterocycles. The van der Waals surface area contributed by atoms with E-state index in [0.717, 1.165) is 5.69 Å². The van der Waals surface area contributed by atoms with Crippen molar-refractivity contribution in [1.29, 1.82) is 5.26 Å². The first-order valence-electron chi connectivity index (χ1n) is 4.67. The van der Waals surface area contributed by atoms with Crippen molar-refractivity contribution in [2.24, 2.45) is 0 Å². The van der Waals surface area contributed by atoms with Gasteiger partial charge in [-0.15, -0.1) is 0 Å². The van der Waals surface area contributed by atoms with Crippen LogP contribution >= 0.6 is 0 Å². The largest absolute Gasteiger partial charge is 0.368 e. The molecule has 1 heterocycles. The van der Waals surface area contributed by atoms with Gasteiger partial charge in [0.1, 0.15) is 12.6 Å². The van der Waals surface area contributed by atoms with Gasteiger partial charge in [0.15, 0.2) is 0 Å². The zero-order valence-electron chi connectivity index (χ0n) is 8.09. The second-order valence-electron chi connectivity index (χ2n) is 3.26. The van der Waals surface area contributed by atoms with Gasteiger partial charge in [-0.3, -0.25) is 9.69 Å². The zero-order valence-corrected chi connectivity index (χ0v) is 8.09. The van der Waals surface area contributed by atoms with E-state index < -0.39 is 6.04 Å². The van der Waals surface area contributed by atoms with Crippen LogP contribution < -0.4 is 4.90 Å². The van der Waals surface area contributed by atoms with E-state index in [9.17, 15) is 4.79 Å². The lowest BCUT2D eigenvalue weighted by Crippen LogP contribution is -2.48. The molecule has 1 atom stereocenters. The smallest absolute Gasteiger partial charge is 0.254 e. The van der Waals surface area contributed by atoms with Gasteiger partial charge in [-0.25, -0.2) is 0 Å². The number of hydrogen-bond acceptors (Lipinski definition) is 3. The number of nitriles is 1. The molecule has 1 saturated heterocycles. The Morgan fingerprint density at radius 1 is 1.40 bits per heavy atom. The summed E-state index contributed by atoms with van der Waals surface area (Å²) in [6.07, 6.45) is 0. The maximum Gasteiger partial charge on any atom is 0.254 e. The van der Waals surface area contributed by atoms with E-state index in [4.69, 9.17) is 10.00 Å². The van der Waals surface area contributed by atoms with Crippen LogP contribution in [0.5, 0.6) is 0 Å². The number of anilines is 1. The van der Waals surface area contributed by atoms with Crippen molar-refractivity contribution in [3.05, 3.63) is 30.3 Å². The molecule has 0 radical (unpaired) electrons. The van der Waals surface area contributed by atoms with E-state index in [-0.39, 0.29) is 19.1 Å². The minimum atomic E-state index is -0.520.